The molecule has 0 unspecified atom stereocenters. The summed E-state index contributed by atoms with van der Waals surface area (Å²) in [6.07, 6.45) is 1.62. The van der Waals surface area contributed by atoms with E-state index in [-0.39, 0.29) is 0 Å². The van der Waals surface area contributed by atoms with E-state index in [9.17, 15) is 0 Å². The van der Waals surface area contributed by atoms with Crippen LogP contribution in [0.1, 0.15) is 0 Å². The van der Waals surface area contributed by atoms with E-state index in [1.165, 1.54) is 0 Å². The van der Waals surface area contributed by atoms with Crippen LogP contribution in [0.4, 0.5) is 0 Å². The molecule has 1 aromatic rings. The Kier molecular flexibility index (Phi) is 1.95. The monoisotopic (exact) mass is 200 g/mol. The number of hydrogen-bond acceptors (Lipinski definition) is 3. The van der Waals surface area contributed by atoms with Crippen molar-refractivity contribution in [1.82, 2.24) is 15.4 Å². The number of aromatic nitrogens is 3. The summed E-state index contributed by atoms with van der Waals surface area (Å²) in [5.41, 5.74) is 0. The van der Waals surface area contributed by atoms with E-state index >= 15 is 0 Å². The zero-order valence-electron chi connectivity index (χ0n) is 4.02. The molecule has 0 bridgehead atoms. The van der Waals surface area contributed by atoms with Crippen molar-refractivity contribution in [3.8, 4) is 0 Å². The second-order valence-electron chi connectivity index (χ2n) is 1.02. The van der Waals surface area contributed by atoms with Crippen molar-refractivity contribution in [1.29, 1.82) is 0 Å². The van der Waals surface area contributed by atoms with Crippen LogP contribution in [0.5, 0.6) is 0 Å². The van der Waals surface area contributed by atoms with E-state index < -0.39 is 0 Å². The fourth-order valence-electron chi connectivity index (χ4n) is 0.279. The van der Waals surface area contributed by atoms with Gasteiger partial charge in [-0.25, -0.2) is 0 Å². The van der Waals surface area contributed by atoms with Crippen LogP contribution < -0.4 is 4.17 Å². The van der Waals surface area contributed by atoms with Crippen LogP contribution in [0.2, 0.25) is 0 Å². The van der Waals surface area contributed by atoms with E-state index in [4.69, 9.17) is 0 Å². The summed E-state index contributed by atoms with van der Waals surface area (Å²) in [7, 11) is 0. The van der Waals surface area contributed by atoms with Crippen molar-refractivity contribution in [2.45, 2.75) is 0 Å². The molecular weight excluding hydrogens is 196 g/mol. The van der Waals surface area contributed by atoms with Gasteiger partial charge < -0.3 is 0 Å². The van der Waals surface area contributed by atoms with Gasteiger partial charge in [-0.15, -0.1) is 0 Å². The third-order valence-electron chi connectivity index (χ3n) is 0.569. The molecule has 0 fully saturated rings. The SMILES string of the molecule is [CH2]=[Pd][c]1ccnnn1. The third-order valence-corrected chi connectivity index (χ3v) is 1.55. The Bertz CT molecular complexity index is 174. The molecule has 0 aliphatic rings. The molecule has 0 aliphatic heterocycles. The third kappa shape index (κ3) is 1.26. The summed E-state index contributed by atoms with van der Waals surface area (Å²) < 4.78 is 0.925. The molecule has 0 atom stereocenters. The fourth-order valence-corrected chi connectivity index (χ4v) is 0.757. The molecule has 3 nitrogen and oxygen atoms in total. The minimum atomic E-state index is 0.299. The van der Waals surface area contributed by atoms with Gasteiger partial charge in [-0.2, -0.15) is 0 Å². The molecule has 8 heavy (non-hydrogen) atoms. The molecule has 0 radical (unpaired) electrons. The van der Waals surface area contributed by atoms with Crippen molar-refractivity contribution in [2.75, 3.05) is 0 Å². The Morgan fingerprint density at radius 2 is 2.50 bits per heavy atom. The summed E-state index contributed by atoms with van der Waals surface area (Å²) >= 11 is 0.299. The Hall–Kier alpha value is -0.458. The second kappa shape index (κ2) is 2.75. The van der Waals surface area contributed by atoms with Crippen molar-refractivity contribution in [3.05, 3.63) is 12.3 Å². The molecule has 0 spiro atoms. The van der Waals surface area contributed by atoms with E-state index in [0.29, 0.717) is 17.5 Å². The van der Waals surface area contributed by atoms with Crippen molar-refractivity contribution in [3.63, 3.8) is 0 Å². The first kappa shape index (κ1) is 5.67. The molecule has 4 heteroatoms. The van der Waals surface area contributed by atoms with Crippen molar-refractivity contribution in [2.24, 2.45) is 0 Å². The number of hydrogen-bond donors (Lipinski definition) is 0. The van der Waals surface area contributed by atoms with E-state index in [2.05, 4.69) is 20.4 Å². The van der Waals surface area contributed by atoms with Gasteiger partial charge in [-0.3, -0.25) is 0 Å². The molecule has 0 saturated carbocycles. The normalized spacial score (nSPS) is 9.50. The quantitative estimate of drug-likeness (QED) is 0.547. The van der Waals surface area contributed by atoms with Crippen LogP contribution in [0.15, 0.2) is 12.3 Å². The Balaban J connectivity index is 2.99. The van der Waals surface area contributed by atoms with E-state index in [0.717, 1.165) is 4.17 Å². The first-order valence-corrected chi connectivity index (χ1v) is 3.76. The van der Waals surface area contributed by atoms with Gasteiger partial charge in [-0.05, 0) is 0 Å². The second-order valence-corrected chi connectivity index (χ2v) is 2.37. The maximum absolute atomic E-state index is 3.70. The summed E-state index contributed by atoms with van der Waals surface area (Å²) in [6.45, 7) is 0. The Morgan fingerprint density at radius 1 is 1.62 bits per heavy atom. The fraction of sp³-hybridized carbons (Fsp3) is 0. The molecule has 1 heterocycles. The molecule has 1 aromatic heterocycles. The summed E-state index contributed by atoms with van der Waals surface area (Å²) in [4.78, 5) is 3.68. The van der Waals surface area contributed by atoms with Crippen molar-refractivity contribution >= 4 is 9.16 Å². The predicted molar refractivity (Wildman–Crippen MR) is 26.6 cm³/mol. The molecular formula is C4H4N3Pd. The standard InChI is InChI=1S/C3H2N3.CH2.Pd/c1-2-4-6-5-3-1;;/h1-2H;1H2;. The average Bonchev–Trinajstić information content (AvgIpc) is 1.90. The summed E-state index contributed by atoms with van der Waals surface area (Å²) in [5, 5.41) is 10.6. The molecule has 0 aliphatic carbocycles. The van der Waals surface area contributed by atoms with Crippen LogP contribution >= 0.6 is 0 Å². The maximum atomic E-state index is 3.70. The predicted octanol–water partition coefficient (Wildman–Crippen LogP) is -0.989. The summed E-state index contributed by atoms with van der Waals surface area (Å²) in [5.74, 6) is 0. The van der Waals surface area contributed by atoms with Gasteiger partial charge in [0.25, 0.3) is 0 Å². The van der Waals surface area contributed by atoms with Gasteiger partial charge in [0.05, 0.1) is 0 Å². The first-order chi connectivity index (χ1) is 3.93. The molecule has 1 rings (SSSR count). The molecule has 0 aromatic carbocycles. The zero-order chi connectivity index (χ0) is 5.82. The van der Waals surface area contributed by atoms with Crippen LogP contribution in [0.3, 0.4) is 0 Å². The van der Waals surface area contributed by atoms with Gasteiger partial charge in [0.2, 0.25) is 0 Å². The van der Waals surface area contributed by atoms with Crippen LogP contribution in [-0.4, -0.2) is 20.4 Å². The Morgan fingerprint density at radius 3 is 2.88 bits per heavy atom. The van der Waals surface area contributed by atoms with Gasteiger partial charge in [-0.1, -0.05) is 0 Å². The van der Waals surface area contributed by atoms with Gasteiger partial charge in [0.15, 0.2) is 0 Å². The number of nitrogens with zero attached hydrogens (tertiary/aromatic N) is 3. The summed E-state index contributed by atoms with van der Waals surface area (Å²) in [6, 6.07) is 1.81. The van der Waals surface area contributed by atoms with Crippen molar-refractivity contribution < 1.29 is 17.5 Å². The topological polar surface area (TPSA) is 38.7 Å². The Labute approximate surface area is 54.8 Å². The first-order valence-electron chi connectivity index (χ1n) is 1.89. The average molecular weight is 201 g/mol. The zero-order valence-corrected chi connectivity index (χ0v) is 5.57. The minimum absolute atomic E-state index is 0.299. The van der Waals surface area contributed by atoms with Gasteiger partial charge in [0, 0.05) is 0 Å². The molecule has 0 amide bonds. The van der Waals surface area contributed by atoms with Crippen LogP contribution in [0.25, 0.3) is 0 Å². The number of rotatable bonds is 1. The molecule has 45 valence electrons. The van der Waals surface area contributed by atoms with Gasteiger partial charge in [0.1, 0.15) is 0 Å². The van der Waals surface area contributed by atoms with Crippen LogP contribution in [-0.2, 0) is 17.5 Å². The molecule has 0 N–H and O–H groups in total. The van der Waals surface area contributed by atoms with E-state index in [1.807, 2.05) is 6.07 Å². The van der Waals surface area contributed by atoms with E-state index in [1.54, 1.807) is 6.20 Å². The van der Waals surface area contributed by atoms with Crippen LogP contribution in [0, 0.1) is 0 Å². The van der Waals surface area contributed by atoms with Gasteiger partial charge >= 0.3 is 54.4 Å². The molecule has 0 saturated heterocycles.